The van der Waals surface area contributed by atoms with Gasteiger partial charge in [0, 0.05) is 19.7 Å². The van der Waals surface area contributed by atoms with E-state index < -0.39 is 12.0 Å². The maximum atomic E-state index is 12.1. The van der Waals surface area contributed by atoms with Crippen molar-refractivity contribution in [2.75, 3.05) is 31.7 Å². The molecule has 20 heavy (non-hydrogen) atoms. The number of rotatable bonds is 8. The normalized spacial score (nSPS) is 19.6. The Hall–Kier alpha value is -0.950. The molecule has 6 nitrogen and oxygen atoms in total. The van der Waals surface area contributed by atoms with Crippen LogP contribution in [0.2, 0.25) is 0 Å². The smallest absolute Gasteiger partial charge is 0.326 e. The third kappa shape index (κ3) is 5.58. The van der Waals surface area contributed by atoms with E-state index in [4.69, 9.17) is 9.84 Å². The quantitative estimate of drug-likeness (QED) is 0.709. The van der Waals surface area contributed by atoms with Crippen molar-refractivity contribution in [3.63, 3.8) is 0 Å². The molecule has 7 heteroatoms. The molecule has 1 aliphatic rings. The number of aliphatic carboxylic acids is 1. The van der Waals surface area contributed by atoms with E-state index in [0.717, 1.165) is 19.4 Å². The van der Waals surface area contributed by atoms with Crippen LogP contribution in [0, 0.1) is 0 Å². The third-order valence-electron chi connectivity index (χ3n) is 3.32. The van der Waals surface area contributed by atoms with Crippen molar-refractivity contribution in [2.45, 2.75) is 38.3 Å². The largest absolute Gasteiger partial charge is 0.480 e. The molecule has 2 N–H and O–H groups in total. The summed E-state index contributed by atoms with van der Waals surface area (Å²) in [6.45, 7) is 3.69. The zero-order valence-corrected chi connectivity index (χ0v) is 12.9. The SMILES string of the molecule is CCN(CC1CCCO1)C(=O)N[C@@H](CCSC)C(=O)O. The number of carboxylic acid groups (broad SMARTS) is 1. The number of likely N-dealkylation sites (N-methyl/N-ethyl adjacent to an activating group) is 1. The van der Waals surface area contributed by atoms with Crippen molar-refractivity contribution in [1.29, 1.82) is 0 Å². The predicted molar refractivity (Wildman–Crippen MR) is 79.2 cm³/mol. The Kier molecular flexibility index (Phi) is 7.76. The van der Waals surface area contributed by atoms with Crippen LogP contribution in [0.15, 0.2) is 0 Å². The number of nitrogens with zero attached hydrogens (tertiary/aromatic N) is 1. The number of hydrogen-bond acceptors (Lipinski definition) is 4. The van der Waals surface area contributed by atoms with Crippen LogP contribution in [0.25, 0.3) is 0 Å². The van der Waals surface area contributed by atoms with Gasteiger partial charge in [0.25, 0.3) is 0 Å². The first-order valence-electron chi connectivity index (χ1n) is 6.97. The van der Waals surface area contributed by atoms with Gasteiger partial charge in [0.15, 0.2) is 0 Å². The zero-order valence-electron chi connectivity index (χ0n) is 12.1. The summed E-state index contributed by atoms with van der Waals surface area (Å²) in [5.74, 6) is -0.282. The molecular weight excluding hydrogens is 280 g/mol. The fourth-order valence-corrected chi connectivity index (χ4v) is 2.59. The molecule has 1 aliphatic heterocycles. The van der Waals surface area contributed by atoms with E-state index >= 15 is 0 Å². The van der Waals surface area contributed by atoms with Gasteiger partial charge in [-0.25, -0.2) is 9.59 Å². The number of urea groups is 1. The Morgan fingerprint density at radius 1 is 1.55 bits per heavy atom. The third-order valence-corrected chi connectivity index (χ3v) is 3.97. The van der Waals surface area contributed by atoms with Crippen LogP contribution in [-0.4, -0.2) is 65.9 Å². The first kappa shape index (κ1) is 17.1. The van der Waals surface area contributed by atoms with E-state index in [2.05, 4.69) is 5.32 Å². The van der Waals surface area contributed by atoms with Gasteiger partial charge in [-0.1, -0.05) is 0 Å². The second kappa shape index (κ2) is 9.07. The molecule has 0 aromatic rings. The summed E-state index contributed by atoms with van der Waals surface area (Å²) in [7, 11) is 0. The maximum Gasteiger partial charge on any atom is 0.326 e. The van der Waals surface area contributed by atoms with Gasteiger partial charge in [0.05, 0.1) is 6.10 Å². The van der Waals surface area contributed by atoms with Crippen molar-refractivity contribution >= 4 is 23.8 Å². The maximum absolute atomic E-state index is 12.1. The van der Waals surface area contributed by atoms with Gasteiger partial charge < -0.3 is 20.1 Å². The number of carbonyl (C=O) groups is 2. The summed E-state index contributed by atoms with van der Waals surface area (Å²) in [4.78, 5) is 24.9. The van der Waals surface area contributed by atoms with Crippen LogP contribution in [0.4, 0.5) is 4.79 Å². The number of hydrogen-bond donors (Lipinski definition) is 2. The molecule has 0 aromatic carbocycles. The van der Waals surface area contributed by atoms with Gasteiger partial charge in [-0.2, -0.15) is 11.8 Å². The van der Waals surface area contributed by atoms with Gasteiger partial charge in [0.1, 0.15) is 6.04 Å². The Morgan fingerprint density at radius 3 is 2.80 bits per heavy atom. The fraction of sp³-hybridized carbons (Fsp3) is 0.846. The minimum atomic E-state index is -0.986. The van der Waals surface area contributed by atoms with E-state index in [1.807, 2.05) is 13.2 Å². The number of amides is 2. The highest BCUT2D eigenvalue weighted by molar-refractivity contribution is 7.98. The summed E-state index contributed by atoms with van der Waals surface area (Å²) in [5.41, 5.74) is 0. The number of ether oxygens (including phenoxy) is 1. The van der Waals surface area contributed by atoms with Crippen LogP contribution >= 0.6 is 11.8 Å². The average Bonchev–Trinajstić information content (AvgIpc) is 2.93. The summed E-state index contributed by atoms with van der Waals surface area (Å²) in [6.07, 6.45) is 4.40. The molecule has 1 heterocycles. The molecule has 1 rings (SSSR count). The van der Waals surface area contributed by atoms with E-state index in [1.165, 1.54) is 0 Å². The topological polar surface area (TPSA) is 78.9 Å². The predicted octanol–water partition coefficient (Wildman–Crippen LogP) is 1.40. The standard InChI is InChI=1S/C13H24N2O4S/c1-3-15(9-10-5-4-7-19-10)13(18)14-11(12(16)17)6-8-20-2/h10-11H,3-9H2,1-2H3,(H,14,18)(H,16,17)/t10?,11-/m0/s1. The lowest BCUT2D eigenvalue weighted by Crippen LogP contribution is -2.49. The van der Waals surface area contributed by atoms with Crippen molar-refractivity contribution in [1.82, 2.24) is 10.2 Å². The van der Waals surface area contributed by atoms with E-state index in [9.17, 15) is 9.59 Å². The van der Waals surface area contributed by atoms with Crippen LogP contribution < -0.4 is 5.32 Å². The highest BCUT2D eigenvalue weighted by Gasteiger charge is 2.25. The average molecular weight is 304 g/mol. The lowest BCUT2D eigenvalue weighted by atomic mass is 10.2. The number of carbonyl (C=O) groups excluding carboxylic acids is 1. The molecule has 0 saturated carbocycles. The Balaban J connectivity index is 2.48. The Bertz CT molecular complexity index is 321. The molecule has 0 radical (unpaired) electrons. The van der Waals surface area contributed by atoms with Crippen molar-refractivity contribution in [2.24, 2.45) is 0 Å². The van der Waals surface area contributed by atoms with Crippen LogP contribution in [-0.2, 0) is 9.53 Å². The highest BCUT2D eigenvalue weighted by atomic mass is 32.2. The van der Waals surface area contributed by atoms with Crippen molar-refractivity contribution in [3.8, 4) is 0 Å². The molecule has 2 amide bonds. The fourth-order valence-electron chi connectivity index (χ4n) is 2.12. The van der Waals surface area contributed by atoms with E-state index in [1.54, 1.807) is 16.7 Å². The van der Waals surface area contributed by atoms with Crippen LogP contribution in [0.3, 0.4) is 0 Å². The minimum Gasteiger partial charge on any atom is -0.480 e. The molecule has 1 unspecified atom stereocenters. The van der Waals surface area contributed by atoms with E-state index in [-0.39, 0.29) is 12.1 Å². The second-order valence-electron chi connectivity index (χ2n) is 4.80. The Morgan fingerprint density at radius 2 is 2.30 bits per heavy atom. The number of nitrogens with one attached hydrogen (secondary N) is 1. The lowest BCUT2D eigenvalue weighted by molar-refractivity contribution is -0.139. The van der Waals surface area contributed by atoms with Crippen molar-refractivity contribution in [3.05, 3.63) is 0 Å². The summed E-state index contributed by atoms with van der Waals surface area (Å²) in [5, 5.41) is 11.7. The number of thioether (sulfide) groups is 1. The monoisotopic (exact) mass is 304 g/mol. The van der Waals surface area contributed by atoms with Gasteiger partial charge in [-0.15, -0.1) is 0 Å². The van der Waals surface area contributed by atoms with Gasteiger partial charge >= 0.3 is 12.0 Å². The van der Waals surface area contributed by atoms with Gasteiger partial charge in [-0.05, 0) is 38.2 Å². The molecule has 0 aliphatic carbocycles. The van der Waals surface area contributed by atoms with Gasteiger partial charge in [0.2, 0.25) is 0 Å². The zero-order chi connectivity index (χ0) is 15.0. The van der Waals surface area contributed by atoms with E-state index in [0.29, 0.717) is 25.3 Å². The molecule has 1 fully saturated rings. The lowest BCUT2D eigenvalue weighted by Gasteiger charge is -2.26. The van der Waals surface area contributed by atoms with Gasteiger partial charge in [-0.3, -0.25) is 0 Å². The molecule has 0 aromatic heterocycles. The molecule has 0 spiro atoms. The summed E-state index contributed by atoms with van der Waals surface area (Å²) in [6, 6.07) is -1.15. The van der Waals surface area contributed by atoms with Crippen molar-refractivity contribution < 1.29 is 19.4 Å². The summed E-state index contributed by atoms with van der Waals surface area (Å²) >= 11 is 1.57. The van der Waals surface area contributed by atoms with Crippen LogP contribution in [0.1, 0.15) is 26.2 Å². The molecule has 0 bridgehead atoms. The number of carboxylic acids is 1. The molecule has 116 valence electrons. The molecular formula is C13H24N2O4S. The minimum absolute atomic E-state index is 0.0789. The first-order valence-corrected chi connectivity index (χ1v) is 8.36. The molecule has 1 saturated heterocycles. The summed E-state index contributed by atoms with van der Waals surface area (Å²) < 4.78 is 5.51. The first-order chi connectivity index (χ1) is 9.58. The van der Waals surface area contributed by atoms with Crippen LogP contribution in [0.5, 0.6) is 0 Å². The highest BCUT2D eigenvalue weighted by Crippen LogP contribution is 2.13. The molecule has 2 atom stereocenters. The second-order valence-corrected chi connectivity index (χ2v) is 5.78. The Labute approximate surface area is 124 Å².